The molecule has 3 nitrogen and oxygen atoms in total. The van der Waals surface area contributed by atoms with E-state index in [2.05, 4.69) is 42.0 Å². The Balaban J connectivity index is 1.60. The highest BCUT2D eigenvalue weighted by Gasteiger charge is 2.28. The molecule has 0 bridgehead atoms. The van der Waals surface area contributed by atoms with E-state index in [0.29, 0.717) is 5.41 Å². The van der Waals surface area contributed by atoms with E-state index in [0.717, 1.165) is 31.2 Å². The lowest BCUT2D eigenvalue weighted by Crippen LogP contribution is -2.40. The standard InChI is InChI=1S/C17H29N3/c1-17(2,3)15-7-11-20(12-8-15)13-10-18-14-16-6-4-5-9-19-16/h4-6,9,15,18H,7-8,10-14H2,1-3H3. The smallest absolute Gasteiger partial charge is 0.0541 e. The third kappa shape index (κ3) is 4.88. The maximum Gasteiger partial charge on any atom is 0.0541 e. The lowest BCUT2D eigenvalue weighted by atomic mass is 9.75. The molecular weight excluding hydrogens is 246 g/mol. The highest BCUT2D eigenvalue weighted by molar-refractivity contribution is 5.02. The van der Waals surface area contributed by atoms with Gasteiger partial charge in [0.1, 0.15) is 0 Å². The van der Waals surface area contributed by atoms with E-state index in [-0.39, 0.29) is 0 Å². The highest BCUT2D eigenvalue weighted by Crippen LogP contribution is 2.33. The summed E-state index contributed by atoms with van der Waals surface area (Å²) in [7, 11) is 0. The molecule has 1 fully saturated rings. The molecule has 2 rings (SSSR count). The molecule has 0 unspecified atom stereocenters. The second-order valence-corrected chi connectivity index (χ2v) is 6.98. The molecule has 0 amide bonds. The number of nitrogens with one attached hydrogen (secondary N) is 1. The van der Waals surface area contributed by atoms with Crippen LogP contribution in [0.4, 0.5) is 0 Å². The predicted molar refractivity (Wildman–Crippen MR) is 84.6 cm³/mol. The predicted octanol–water partition coefficient (Wildman–Crippen LogP) is 2.93. The molecule has 1 aromatic heterocycles. The van der Waals surface area contributed by atoms with E-state index in [9.17, 15) is 0 Å². The van der Waals surface area contributed by atoms with Gasteiger partial charge in [0, 0.05) is 25.8 Å². The zero-order chi connectivity index (χ0) is 14.4. The van der Waals surface area contributed by atoms with Gasteiger partial charge in [0.2, 0.25) is 0 Å². The van der Waals surface area contributed by atoms with Gasteiger partial charge in [-0.3, -0.25) is 4.98 Å². The van der Waals surface area contributed by atoms with Crippen LogP contribution < -0.4 is 5.32 Å². The van der Waals surface area contributed by atoms with Gasteiger partial charge in [-0.2, -0.15) is 0 Å². The molecule has 1 saturated heterocycles. The first-order valence-electron chi connectivity index (χ1n) is 7.88. The van der Waals surface area contributed by atoms with E-state index < -0.39 is 0 Å². The minimum atomic E-state index is 0.476. The van der Waals surface area contributed by atoms with Gasteiger partial charge in [-0.1, -0.05) is 26.8 Å². The molecule has 1 aromatic rings. The van der Waals surface area contributed by atoms with Crippen molar-refractivity contribution >= 4 is 0 Å². The minimum absolute atomic E-state index is 0.476. The van der Waals surface area contributed by atoms with Crippen LogP contribution in [0.1, 0.15) is 39.3 Å². The van der Waals surface area contributed by atoms with Gasteiger partial charge in [-0.05, 0) is 49.4 Å². The number of hydrogen-bond acceptors (Lipinski definition) is 3. The monoisotopic (exact) mass is 275 g/mol. The van der Waals surface area contributed by atoms with Crippen molar-refractivity contribution in [3.05, 3.63) is 30.1 Å². The largest absolute Gasteiger partial charge is 0.310 e. The zero-order valence-electron chi connectivity index (χ0n) is 13.2. The normalized spacial score (nSPS) is 18.4. The van der Waals surface area contributed by atoms with E-state index in [4.69, 9.17) is 0 Å². The number of hydrogen-bond donors (Lipinski definition) is 1. The third-order valence-electron chi connectivity index (χ3n) is 4.45. The van der Waals surface area contributed by atoms with Crippen molar-refractivity contribution in [2.45, 2.75) is 40.2 Å². The molecule has 112 valence electrons. The van der Waals surface area contributed by atoms with Gasteiger partial charge in [0.05, 0.1) is 5.69 Å². The van der Waals surface area contributed by atoms with Crippen LogP contribution in [0, 0.1) is 11.3 Å². The van der Waals surface area contributed by atoms with E-state index >= 15 is 0 Å². The fourth-order valence-electron chi connectivity index (χ4n) is 2.98. The van der Waals surface area contributed by atoms with Gasteiger partial charge in [0.25, 0.3) is 0 Å². The lowest BCUT2D eigenvalue weighted by molar-refractivity contribution is 0.113. The summed E-state index contributed by atoms with van der Waals surface area (Å²) in [6.07, 6.45) is 4.56. The fraction of sp³-hybridized carbons (Fsp3) is 0.706. The van der Waals surface area contributed by atoms with E-state index in [1.165, 1.54) is 25.9 Å². The van der Waals surface area contributed by atoms with Crippen molar-refractivity contribution in [1.29, 1.82) is 0 Å². The fourth-order valence-corrected chi connectivity index (χ4v) is 2.98. The summed E-state index contributed by atoms with van der Waals surface area (Å²) in [5.74, 6) is 0.889. The van der Waals surface area contributed by atoms with Crippen LogP contribution in [0.2, 0.25) is 0 Å². The quantitative estimate of drug-likeness (QED) is 0.838. The molecule has 0 aliphatic carbocycles. The second kappa shape index (κ2) is 7.19. The molecule has 3 heteroatoms. The summed E-state index contributed by atoms with van der Waals surface area (Å²) in [5.41, 5.74) is 1.60. The van der Waals surface area contributed by atoms with Gasteiger partial charge in [-0.15, -0.1) is 0 Å². The first-order chi connectivity index (χ1) is 9.55. The van der Waals surface area contributed by atoms with Crippen molar-refractivity contribution in [2.24, 2.45) is 11.3 Å². The van der Waals surface area contributed by atoms with Crippen LogP contribution in [-0.2, 0) is 6.54 Å². The van der Waals surface area contributed by atoms with E-state index in [1.807, 2.05) is 18.3 Å². The molecule has 1 aliphatic heterocycles. The van der Waals surface area contributed by atoms with Crippen LogP contribution in [-0.4, -0.2) is 36.1 Å². The Hall–Kier alpha value is -0.930. The van der Waals surface area contributed by atoms with Crippen molar-refractivity contribution in [3.63, 3.8) is 0 Å². The van der Waals surface area contributed by atoms with Crippen molar-refractivity contribution in [1.82, 2.24) is 15.2 Å². The minimum Gasteiger partial charge on any atom is -0.310 e. The second-order valence-electron chi connectivity index (χ2n) is 6.98. The van der Waals surface area contributed by atoms with Crippen LogP contribution in [0.3, 0.4) is 0 Å². The highest BCUT2D eigenvalue weighted by atomic mass is 15.1. The molecule has 1 N–H and O–H groups in total. The molecule has 0 saturated carbocycles. The van der Waals surface area contributed by atoms with Crippen molar-refractivity contribution < 1.29 is 0 Å². The Morgan fingerprint density at radius 2 is 2.00 bits per heavy atom. The topological polar surface area (TPSA) is 28.2 Å². The molecule has 0 spiro atoms. The molecule has 20 heavy (non-hydrogen) atoms. The van der Waals surface area contributed by atoms with E-state index in [1.54, 1.807) is 0 Å². The molecule has 1 aliphatic rings. The lowest BCUT2D eigenvalue weighted by Gasteiger charge is -2.38. The molecule has 2 heterocycles. The number of aromatic nitrogens is 1. The van der Waals surface area contributed by atoms with Gasteiger partial charge < -0.3 is 10.2 Å². The van der Waals surface area contributed by atoms with Crippen LogP contribution >= 0.6 is 0 Å². The molecular formula is C17H29N3. The summed E-state index contributed by atoms with van der Waals surface area (Å²) < 4.78 is 0. The Labute approximate surface area is 123 Å². The first-order valence-corrected chi connectivity index (χ1v) is 7.88. The average molecular weight is 275 g/mol. The maximum atomic E-state index is 4.32. The molecule has 0 radical (unpaired) electrons. The Morgan fingerprint density at radius 1 is 1.25 bits per heavy atom. The zero-order valence-corrected chi connectivity index (χ0v) is 13.2. The van der Waals surface area contributed by atoms with Crippen LogP contribution in [0.5, 0.6) is 0 Å². The van der Waals surface area contributed by atoms with Gasteiger partial charge >= 0.3 is 0 Å². The van der Waals surface area contributed by atoms with Crippen LogP contribution in [0.15, 0.2) is 24.4 Å². The number of nitrogens with zero attached hydrogens (tertiary/aromatic N) is 2. The SMILES string of the molecule is CC(C)(C)C1CCN(CCNCc2ccccn2)CC1. The summed E-state index contributed by atoms with van der Waals surface area (Å²) in [4.78, 5) is 6.91. The Bertz CT molecular complexity index is 375. The summed E-state index contributed by atoms with van der Waals surface area (Å²) >= 11 is 0. The summed E-state index contributed by atoms with van der Waals surface area (Å²) in [6, 6.07) is 6.08. The Kier molecular flexibility index (Phi) is 5.55. The number of piperidine rings is 1. The number of likely N-dealkylation sites (tertiary alicyclic amines) is 1. The van der Waals surface area contributed by atoms with Gasteiger partial charge in [-0.25, -0.2) is 0 Å². The number of rotatable bonds is 5. The maximum absolute atomic E-state index is 4.32. The Morgan fingerprint density at radius 3 is 2.60 bits per heavy atom. The third-order valence-corrected chi connectivity index (χ3v) is 4.45. The molecule has 0 aromatic carbocycles. The average Bonchev–Trinajstić information content (AvgIpc) is 2.44. The van der Waals surface area contributed by atoms with Gasteiger partial charge in [0.15, 0.2) is 0 Å². The molecule has 0 atom stereocenters. The first kappa shape index (κ1) is 15.5. The summed E-state index contributed by atoms with van der Waals surface area (Å²) in [5, 5.41) is 3.49. The number of pyridine rings is 1. The van der Waals surface area contributed by atoms with Crippen LogP contribution in [0.25, 0.3) is 0 Å². The summed E-state index contributed by atoms with van der Waals surface area (Å²) in [6.45, 7) is 12.7. The van der Waals surface area contributed by atoms with Crippen molar-refractivity contribution in [2.75, 3.05) is 26.2 Å². The van der Waals surface area contributed by atoms with Crippen molar-refractivity contribution in [3.8, 4) is 0 Å².